The lowest BCUT2D eigenvalue weighted by molar-refractivity contribution is -0.151. The first-order valence-electron chi connectivity index (χ1n) is 7.46. The van der Waals surface area contributed by atoms with Crippen LogP contribution in [0.3, 0.4) is 0 Å². The number of hydrogen-bond donors (Lipinski definition) is 2. The van der Waals surface area contributed by atoms with Crippen molar-refractivity contribution in [2.75, 3.05) is 6.61 Å². The maximum atomic E-state index is 11.4. The molecule has 2 aromatic rings. The molecule has 7 heteroatoms. The molecule has 0 aliphatic heterocycles. The number of halogens is 1. The van der Waals surface area contributed by atoms with Crippen molar-refractivity contribution in [2.45, 2.75) is 19.1 Å². The summed E-state index contributed by atoms with van der Waals surface area (Å²) in [7, 11) is 0. The van der Waals surface area contributed by atoms with Gasteiger partial charge in [-0.2, -0.15) is 0 Å². The summed E-state index contributed by atoms with van der Waals surface area (Å²) in [5, 5.41) is 18.5. The summed E-state index contributed by atoms with van der Waals surface area (Å²) in [5.41, 5.74) is 1.53. The van der Waals surface area contributed by atoms with Crippen molar-refractivity contribution in [3.8, 4) is 5.75 Å². The van der Waals surface area contributed by atoms with E-state index in [9.17, 15) is 14.7 Å². The van der Waals surface area contributed by atoms with E-state index in [4.69, 9.17) is 26.2 Å². The lowest BCUT2D eigenvalue weighted by atomic mass is 10.1. The third-order valence-electron chi connectivity index (χ3n) is 3.32. The molecule has 0 amide bonds. The molecule has 6 nitrogen and oxygen atoms in total. The molecule has 2 N–H and O–H groups in total. The fraction of sp³-hybridized carbons (Fsp3) is 0.222. The number of carbonyl (C=O) groups is 2. The third kappa shape index (κ3) is 6.45. The highest BCUT2D eigenvalue weighted by atomic mass is 35.5. The van der Waals surface area contributed by atoms with Gasteiger partial charge in [0.25, 0.3) is 0 Å². The zero-order valence-corrected chi connectivity index (χ0v) is 14.0. The molecule has 1 atom stereocenters. The molecular weight excluding hydrogens is 348 g/mol. The lowest BCUT2D eigenvalue weighted by Gasteiger charge is -2.14. The minimum atomic E-state index is -1.07. The van der Waals surface area contributed by atoms with Crippen LogP contribution < -0.4 is 4.74 Å². The van der Waals surface area contributed by atoms with Gasteiger partial charge < -0.3 is 19.7 Å². The summed E-state index contributed by atoms with van der Waals surface area (Å²) < 4.78 is 10.5. The molecule has 1 unspecified atom stereocenters. The van der Waals surface area contributed by atoms with Gasteiger partial charge in [-0.15, -0.1) is 0 Å². The molecule has 132 valence electrons. The topological polar surface area (TPSA) is 93.1 Å². The SMILES string of the molecule is O=C(O)COc1ccc(CC(OCc2cccc(Cl)c2)C(=O)O)cc1. The summed E-state index contributed by atoms with van der Waals surface area (Å²) in [6, 6.07) is 13.6. The van der Waals surface area contributed by atoms with E-state index in [1.165, 1.54) is 0 Å². The normalized spacial score (nSPS) is 11.7. The highest BCUT2D eigenvalue weighted by Crippen LogP contribution is 2.16. The van der Waals surface area contributed by atoms with Crippen LogP contribution in [0.25, 0.3) is 0 Å². The van der Waals surface area contributed by atoms with E-state index in [1.807, 2.05) is 0 Å². The first-order chi connectivity index (χ1) is 11.9. The van der Waals surface area contributed by atoms with E-state index in [0.717, 1.165) is 11.1 Å². The summed E-state index contributed by atoms with van der Waals surface area (Å²) in [6.45, 7) is -0.294. The Hall–Kier alpha value is -2.57. The molecule has 2 rings (SSSR count). The van der Waals surface area contributed by atoms with Crippen molar-refractivity contribution >= 4 is 23.5 Å². The molecule has 25 heavy (non-hydrogen) atoms. The van der Waals surface area contributed by atoms with E-state index >= 15 is 0 Å². The first-order valence-corrected chi connectivity index (χ1v) is 7.84. The quantitative estimate of drug-likeness (QED) is 0.710. The number of carboxylic acid groups (broad SMARTS) is 2. The van der Waals surface area contributed by atoms with E-state index in [2.05, 4.69) is 0 Å². The van der Waals surface area contributed by atoms with Crippen molar-refractivity contribution < 1.29 is 29.3 Å². The van der Waals surface area contributed by atoms with Gasteiger partial charge in [-0.1, -0.05) is 35.9 Å². The highest BCUT2D eigenvalue weighted by Gasteiger charge is 2.19. The van der Waals surface area contributed by atoms with Gasteiger partial charge in [-0.3, -0.25) is 0 Å². The third-order valence-corrected chi connectivity index (χ3v) is 3.56. The second kappa shape index (κ2) is 9.05. The molecule has 0 spiro atoms. The van der Waals surface area contributed by atoms with Gasteiger partial charge in [0.1, 0.15) is 5.75 Å². The average Bonchev–Trinajstić information content (AvgIpc) is 2.57. The minimum absolute atomic E-state index is 0.136. The Morgan fingerprint density at radius 2 is 1.76 bits per heavy atom. The minimum Gasteiger partial charge on any atom is -0.482 e. The highest BCUT2D eigenvalue weighted by molar-refractivity contribution is 6.30. The second-order valence-electron chi connectivity index (χ2n) is 5.30. The van der Waals surface area contributed by atoms with Gasteiger partial charge in [-0.25, -0.2) is 9.59 Å². The van der Waals surface area contributed by atoms with Crippen LogP contribution in [0.1, 0.15) is 11.1 Å². The van der Waals surface area contributed by atoms with Crippen molar-refractivity contribution in [3.63, 3.8) is 0 Å². The number of rotatable bonds is 9. The molecule has 0 aromatic heterocycles. The van der Waals surface area contributed by atoms with E-state index < -0.39 is 24.6 Å². The van der Waals surface area contributed by atoms with Crippen LogP contribution in [0.5, 0.6) is 5.75 Å². The number of carboxylic acids is 2. The first kappa shape index (κ1) is 18.8. The monoisotopic (exact) mass is 364 g/mol. The van der Waals surface area contributed by atoms with Gasteiger partial charge in [0.2, 0.25) is 0 Å². The molecule has 0 fully saturated rings. The van der Waals surface area contributed by atoms with Crippen LogP contribution in [0.15, 0.2) is 48.5 Å². The lowest BCUT2D eigenvalue weighted by Crippen LogP contribution is -2.26. The van der Waals surface area contributed by atoms with Crippen LogP contribution in [0.4, 0.5) is 0 Å². The van der Waals surface area contributed by atoms with E-state index in [-0.39, 0.29) is 13.0 Å². The standard InChI is InChI=1S/C18H17ClO6/c19-14-3-1-2-13(8-14)10-25-16(18(22)23)9-12-4-6-15(7-5-12)24-11-17(20)21/h1-8,16H,9-11H2,(H,20,21)(H,22,23). The fourth-order valence-corrected chi connectivity index (χ4v) is 2.33. The summed E-state index contributed by atoms with van der Waals surface area (Å²) in [5.74, 6) is -1.73. The fourth-order valence-electron chi connectivity index (χ4n) is 2.12. The largest absolute Gasteiger partial charge is 0.482 e. The van der Waals surface area contributed by atoms with Crippen LogP contribution in [0.2, 0.25) is 5.02 Å². The van der Waals surface area contributed by atoms with Crippen molar-refractivity contribution in [1.29, 1.82) is 0 Å². The number of hydrogen-bond acceptors (Lipinski definition) is 4. The Bertz CT molecular complexity index is 729. The Morgan fingerprint density at radius 1 is 1.04 bits per heavy atom. The Labute approximate surface area is 149 Å². The summed E-state index contributed by atoms with van der Waals surface area (Å²) >= 11 is 5.89. The predicted octanol–water partition coefficient (Wildman–Crippen LogP) is 3.02. The summed E-state index contributed by atoms with van der Waals surface area (Å²) in [6.07, 6.45) is -0.834. The molecule has 0 saturated heterocycles. The van der Waals surface area contributed by atoms with Crippen LogP contribution in [-0.2, 0) is 27.4 Å². The second-order valence-corrected chi connectivity index (χ2v) is 5.73. The van der Waals surface area contributed by atoms with Gasteiger partial charge in [-0.05, 0) is 35.4 Å². The van der Waals surface area contributed by atoms with Crippen molar-refractivity contribution in [1.82, 2.24) is 0 Å². The van der Waals surface area contributed by atoms with E-state index in [0.29, 0.717) is 10.8 Å². The van der Waals surface area contributed by atoms with Gasteiger partial charge >= 0.3 is 11.9 Å². The molecule has 0 saturated carbocycles. The molecule has 0 aliphatic carbocycles. The molecule has 0 radical (unpaired) electrons. The van der Waals surface area contributed by atoms with Crippen molar-refractivity contribution in [2.24, 2.45) is 0 Å². The zero-order chi connectivity index (χ0) is 18.2. The molecule has 2 aromatic carbocycles. The van der Waals surface area contributed by atoms with Gasteiger partial charge in [0.05, 0.1) is 6.61 Å². The zero-order valence-electron chi connectivity index (χ0n) is 13.2. The van der Waals surface area contributed by atoms with Crippen LogP contribution in [0, 0.1) is 0 Å². The maximum absolute atomic E-state index is 11.4. The number of ether oxygens (including phenoxy) is 2. The average molecular weight is 365 g/mol. The van der Waals surface area contributed by atoms with Gasteiger partial charge in [0.15, 0.2) is 12.7 Å². The Kier molecular flexibility index (Phi) is 6.80. The summed E-state index contributed by atoms with van der Waals surface area (Å²) in [4.78, 5) is 21.9. The van der Waals surface area contributed by atoms with Crippen molar-refractivity contribution in [3.05, 3.63) is 64.7 Å². The molecule has 0 bridgehead atoms. The van der Waals surface area contributed by atoms with Gasteiger partial charge in [0, 0.05) is 11.4 Å². The molecule has 0 heterocycles. The number of benzene rings is 2. The van der Waals surface area contributed by atoms with E-state index in [1.54, 1.807) is 48.5 Å². The smallest absolute Gasteiger partial charge is 0.341 e. The maximum Gasteiger partial charge on any atom is 0.341 e. The Balaban J connectivity index is 1.94. The Morgan fingerprint density at radius 3 is 2.36 bits per heavy atom. The molecule has 0 aliphatic rings. The van der Waals surface area contributed by atoms with Crippen LogP contribution >= 0.6 is 11.6 Å². The predicted molar refractivity (Wildman–Crippen MR) is 90.9 cm³/mol. The number of aliphatic carboxylic acids is 2. The van der Waals surface area contributed by atoms with Crippen LogP contribution in [-0.4, -0.2) is 34.9 Å². The molecular formula is C18H17ClO6.